The van der Waals surface area contributed by atoms with Crippen LogP contribution in [0.25, 0.3) is 0 Å². The Hall–Kier alpha value is -1.91. The van der Waals surface area contributed by atoms with Crippen LogP contribution in [0.4, 0.5) is 5.13 Å². The van der Waals surface area contributed by atoms with Crippen LogP contribution in [0.1, 0.15) is 41.4 Å². The van der Waals surface area contributed by atoms with Gasteiger partial charge in [0.2, 0.25) is 5.91 Å². The van der Waals surface area contributed by atoms with Crippen molar-refractivity contribution in [3.63, 3.8) is 0 Å². The van der Waals surface area contributed by atoms with Gasteiger partial charge in [-0.2, -0.15) is 0 Å². The number of thiazole rings is 1. The standard InChI is InChI=1S/C17H23N5O3S2/c1-3-25-15(24)8-13-10-26-17(18-13)19-14(23)9-22-6-4-12(5-7-22)16-21-20-11(2)27-16/h10,12H,3-9H2,1-2H3,(H,18,19,23). The lowest BCUT2D eigenvalue weighted by atomic mass is 9.98. The molecule has 1 N–H and O–H groups in total. The minimum absolute atomic E-state index is 0.0859. The summed E-state index contributed by atoms with van der Waals surface area (Å²) in [6.45, 7) is 6.15. The van der Waals surface area contributed by atoms with E-state index in [4.69, 9.17) is 4.74 Å². The normalized spacial score (nSPS) is 15.6. The van der Waals surface area contributed by atoms with Crippen molar-refractivity contribution < 1.29 is 14.3 Å². The van der Waals surface area contributed by atoms with Crippen molar-refractivity contribution in [1.29, 1.82) is 0 Å². The molecule has 8 nitrogen and oxygen atoms in total. The third-order valence-corrected chi connectivity index (χ3v) is 6.08. The number of nitrogens with zero attached hydrogens (tertiary/aromatic N) is 4. The molecule has 0 unspecified atom stereocenters. The second kappa shape index (κ2) is 9.34. The van der Waals surface area contributed by atoms with E-state index in [9.17, 15) is 9.59 Å². The van der Waals surface area contributed by atoms with E-state index in [2.05, 4.69) is 25.4 Å². The van der Waals surface area contributed by atoms with Crippen molar-refractivity contribution in [2.24, 2.45) is 0 Å². The van der Waals surface area contributed by atoms with Gasteiger partial charge in [0.1, 0.15) is 10.0 Å². The van der Waals surface area contributed by atoms with Gasteiger partial charge in [-0.05, 0) is 39.8 Å². The van der Waals surface area contributed by atoms with Gasteiger partial charge in [0, 0.05) is 11.3 Å². The van der Waals surface area contributed by atoms with Crippen LogP contribution in [0.3, 0.4) is 0 Å². The third kappa shape index (κ3) is 5.78. The zero-order valence-corrected chi connectivity index (χ0v) is 17.1. The number of aromatic nitrogens is 3. The molecule has 1 fully saturated rings. The summed E-state index contributed by atoms with van der Waals surface area (Å²) >= 11 is 2.98. The van der Waals surface area contributed by atoms with E-state index in [0.717, 1.165) is 35.9 Å². The number of carbonyl (C=O) groups is 2. The summed E-state index contributed by atoms with van der Waals surface area (Å²) in [6.07, 6.45) is 2.10. The molecule has 0 bridgehead atoms. The number of rotatable bonds is 7. The van der Waals surface area contributed by atoms with E-state index < -0.39 is 0 Å². The minimum Gasteiger partial charge on any atom is -0.466 e. The summed E-state index contributed by atoms with van der Waals surface area (Å²) in [5.41, 5.74) is 0.613. The lowest BCUT2D eigenvalue weighted by Crippen LogP contribution is -2.38. The second-order valence-electron chi connectivity index (χ2n) is 6.38. The van der Waals surface area contributed by atoms with E-state index in [1.54, 1.807) is 23.6 Å². The molecule has 3 heterocycles. The Morgan fingerprint density at radius 2 is 2.11 bits per heavy atom. The van der Waals surface area contributed by atoms with Crippen LogP contribution in [0.15, 0.2) is 5.38 Å². The number of ether oxygens (including phenoxy) is 1. The summed E-state index contributed by atoms with van der Waals surface area (Å²) in [5, 5.41) is 15.5. The number of hydrogen-bond donors (Lipinski definition) is 1. The predicted octanol–water partition coefficient (Wildman–Crippen LogP) is 2.23. The Labute approximate surface area is 166 Å². The Morgan fingerprint density at radius 3 is 2.78 bits per heavy atom. The lowest BCUT2D eigenvalue weighted by Gasteiger charge is -2.30. The van der Waals surface area contributed by atoms with Crippen molar-refractivity contribution in [1.82, 2.24) is 20.1 Å². The summed E-state index contributed by atoms with van der Waals surface area (Å²) in [6, 6.07) is 0. The topological polar surface area (TPSA) is 97.3 Å². The molecule has 1 aliphatic heterocycles. The van der Waals surface area contributed by atoms with Crippen LogP contribution in [0, 0.1) is 6.92 Å². The van der Waals surface area contributed by atoms with Crippen LogP contribution in [-0.2, 0) is 20.7 Å². The van der Waals surface area contributed by atoms with Gasteiger partial charge in [0.25, 0.3) is 0 Å². The fourth-order valence-electron chi connectivity index (χ4n) is 2.98. The largest absolute Gasteiger partial charge is 0.466 e. The third-order valence-electron chi connectivity index (χ3n) is 4.27. The van der Waals surface area contributed by atoms with Gasteiger partial charge in [0.15, 0.2) is 5.13 Å². The number of aryl methyl sites for hydroxylation is 1. The highest BCUT2D eigenvalue weighted by molar-refractivity contribution is 7.14. The molecule has 3 rings (SSSR count). The first kappa shape index (κ1) is 19.8. The molecule has 0 aromatic carbocycles. The Morgan fingerprint density at radius 1 is 1.33 bits per heavy atom. The summed E-state index contributed by atoms with van der Waals surface area (Å²) < 4.78 is 4.90. The first-order chi connectivity index (χ1) is 13.0. The second-order valence-corrected chi connectivity index (χ2v) is 8.46. The highest BCUT2D eigenvalue weighted by Gasteiger charge is 2.24. The van der Waals surface area contributed by atoms with E-state index >= 15 is 0 Å². The average Bonchev–Trinajstić information content (AvgIpc) is 3.25. The van der Waals surface area contributed by atoms with E-state index in [-0.39, 0.29) is 18.3 Å². The number of esters is 1. The van der Waals surface area contributed by atoms with Gasteiger partial charge in [-0.25, -0.2) is 4.98 Å². The maximum absolute atomic E-state index is 12.3. The van der Waals surface area contributed by atoms with Crippen LogP contribution in [0.5, 0.6) is 0 Å². The molecule has 0 atom stereocenters. The molecule has 0 saturated carbocycles. The van der Waals surface area contributed by atoms with Gasteiger partial charge in [-0.3, -0.25) is 14.5 Å². The molecular weight excluding hydrogens is 386 g/mol. The molecule has 0 aliphatic carbocycles. The SMILES string of the molecule is CCOC(=O)Cc1csc(NC(=O)CN2CCC(c3nnc(C)s3)CC2)n1. The average molecular weight is 410 g/mol. The maximum Gasteiger partial charge on any atom is 0.311 e. The van der Waals surface area contributed by atoms with Crippen LogP contribution in [0.2, 0.25) is 0 Å². The highest BCUT2D eigenvalue weighted by Crippen LogP contribution is 2.29. The molecule has 0 spiro atoms. The molecular formula is C17H23N5O3S2. The fraction of sp³-hybridized carbons (Fsp3) is 0.588. The maximum atomic E-state index is 12.3. The molecule has 0 radical (unpaired) electrons. The van der Waals surface area contributed by atoms with Crippen molar-refractivity contribution >= 4 is 39.7 Å². The lowest BCUT2D eigenvalue weighted by molar-refractivity contribution is -0.142. The number of likely N-dealkylation sites (tertiary alicyclic amines) is 1. The van der Waals surface area contributed by atoms with Gasteiger partial charge in [0.05, 0.1) is 25.3 Å². The number of nitrogens with one attached hydrogen (secondary N) is 1. The molecule has 2 aromatic heterocycles. The number of piperidine rings is 1. The van der Waals surface area contributed by atoms with Gasteiger partial charge in [-0.15, -0.1) is 32.9 Å². The first-order valence-corrected chi connectivity index (χ1v) is 10.6. The number of anilines is 1. The number of amides is 1. The zero-order valence-electron chi connectivity index (χ0n) is 15.4. The van der Waals surface area contributed by atoms with Crippen LogP contribution in [-0.4, -0.2) is 58.2 Å². The predicted molar refractivity (Wildman–Crippen MR) is 104 cm³/mol. The molecule has 1 saturated heterocycles. The number of hydrogen-bond acceptors (Lipinski definition) is 9. The zero-order chi connectivity index (χ0) is 19.2. The van der Waals surface area contributed by atoms with Gasteiger partial charge < -0.3 is 10.1 Å². The van der Waals surface area contributed by atoms with Crippen molar-refractivity contribution in [3.05, 3.63) is 21.1 Å². The summed E-state index contributed by atoms with van der Waals surface area (Å²) in [7, 11) is 0. The molecule has 1 aliphatic rings. The monoisotopic (exact) mass is 409 g/mol. The quantitative estimate of drug-likeness (QED) is 0.700. The Kier molecular flexibility index (Phi) is 6.86. The molecule has 10 heteroatoms. The number of carbonyl (C=O) groups excluding carboxylic acids is 2. The van der Waals surface area contributed by atoms with Crippen LogP contribution < -0.4 is 5.32 Å². The van der Waals surface area contributed by atoms with E-state index in [1.165, 1.54) is 11.3 Å². The summed E-state index contributed by atoms with van der Waals surface area (Å²) in [5.74, 6) is 0.0475. The molecule has 2 aromatic rings. The first-order valence-electron chi connectivity index (χ1n) is 8.95. The minimum atomic E-state index is -0.311. The summed E-state index contributed by atoms with van der Waals surface area (Å²) in [4.78, 5) is 30.2. The Bertz CT molecular complexity index is 783. The highest BCUT2D eigenvalue weighted by atomic mass is 32.1. The molecule has 146 valence electrons. The van der Waals surface area contributed by atoms with E-state index in [1.807, 2.05) is 6.92 Å². The van der Waals surface area contributed by atoms with E-state index in [0.29, 0.717) is 29.9 Å². The van der Waals surface area contributed by atoms with Gasteiger partial charge >= 0.3 is 5.97 Å². The van der Waals surface area contributed by atoms with Crippen molar-refractivity contribution in [2.75, 3.05) is 31.6 Å². The Balaban J connectivity index is 1.42. The van der Waals surface area contributed by atoms with Crippen molar-refractivity contribution in [3.8, 4) is 0 Å². The van der Waals surface area contributed by atoms with Gasteiger partial charge in [-0.1, -0.05) is 0 Å². The molecule has 27 heavy (non-hydrogen) atoms. The molecule has 1 amide bonds. The van der Waals surface area contributed by atoms with Crippen LogP contribution >= 0.6 is 22.7 Å². The fourth-order valence-corrected chi connectivity index (χ4v) is 4.58. The smallest absolute Gasteiger partial charge is 0.311 e. The van der Waals surface area contributed by atoms with Crippen molar-refractivity contribution in [2.45, 2.75) is 39.0 Å².